The van der Waals surface area contributed by atoms with Crippen LogP contribution in [0.1, 0.15) is 114 Å². The molecule has 2 aliphatic heterocycles. The molecule has 2 aliphatic carbocycles. The molecule has 2 atom stereocenters. The molecule has 10 aromatic carbocycles. The molecule has 424 valence electrons. The van der Waals surface area contributed by atoms with Crippen molar-refractivity contribution in [1.82, 2.24) is 0 Å². The number of hydrogen-bond donors (Lipinski definition) is 0. The van der Waals surface area contributed by atoms with E-state index in [1.807, 2.05) is 13.8 Å². The van der Waals surface area contributed by atoms with Crippen molar-refractivity contribution < 1.29 is 35.0 Å². The predicted octanol–water partition coefficient (Wildman–Crippen LogP) is 21.0. The molecule has 0 spiro atoms. The minimum Gasteiger partial charge on any atom is -0.462 e. The van der Waals surface area contributed by atoms with E-state index in [-0.39, 0.29) is 38.0 Å². The number of aryl methyl sites for hydroxylation is 6. The van der Waals surface area contributed by atoms with Crippen molar-refractivity contribution in [1.29, 1.82) is 0 Å². The summed E-state index contributed by atoms with van der Waals surface area (Å²) in [7, 11) is -0.926. The number of furan rings is 2. The first-order chi connectivity index (χ1) is 42.0. The Labute approximate surface area is 536 Å². The molecule has 87 heavy (non-hydrogen) atoms. The van der Waals surface area contributed by atoms with Crippen LogP contribution in [-0.2, 0) is 26.2 Å². The van der Waals surface area contributed by atoms with Crippen molar-refractivity contribution in [3.63, 3.8) is 0 Å². The van der Waals surface area contributed by atoms with Crippen LogP contribution in [0.15, 0.2) is 203 Å². The third-order valence-corrected chi connectivity index (χ3v) is 26.1. The van der Waals surface area contributed by atoms with Crippen molar-refractivity contribution in [3.8, 4) is 44.5 Å². The Morgan fingerprint density at radius 1 is 0.391 bits per heavy atom. The van der Waals surface area contributed by atoms with Crippen LogP contribution in [0.5, 0.6) is 0 Å². The van der Waals surface area contributed by atoms with Gasteiger partial charge in [0.25, 0.3) is 0 Å². The summed E-state index contributed by atoms with van der Waals surface area (Å²) in [5, 5.41) is 8.92. The molecule has 2 saturated heterocycles. The van der Waals surface area contributed by atoms with Crippen LogP contribution >= 0.6 is 0 Å². The van der Waals surface area contributed by atoms with E-state index in [2.05, 4.69) is 248 Å². The Morgan fingerprint density at radius 3 is 1.05 bits per heavy atom. The van der Waals surface area contributed by atoms with E-state index in [1.54, 1.807) is 10.4 Å². The van der Waals surface area contributed by atoms with Crippen molar-refractivity contribution >= 4 is 72.8 Å². The summed E-state index contributed by atoms with van der Waals surface area (Å²) < 4.78 is 12.8. The van der Waals surface area contributed by atoms with Gasteiger partial charge in [-0.3, -0.25) is 0 Å². The summed E-state index contributed by atoms with van der Waals surface area (Å²) in [5.41, 5.74) is 29.8. The zero-order valence-electron chi connectivity index (χ0n) is 51.3. The molecule has 5 heteroatoms. The number of benzene rings is 8. The first-order valence-electron chi connectivity index (χ1n) is 31.2. The van der Waals surface area contributed by atoms with Gasteiger partial charge < -0.3 is 8.83 Å². The van der Waals surface area contributed by atoms with Crippen LogP contribution in [0, 0.1) is 55.4 Å². The van der Waals surface area contributed by atoms with Crippen molar-refractivity contribution in [2.45, 2.75) is 104 Å². The van der Waals surface area contributed by atoms with Crippen LogP contribution in [0.25, 0.3) is 89.4 Å². The van der Waals surface area contributed by atoms with Gasteiger partial charge in [-0.2, -0.15) is 0 Å². The number of hydrogen-bond acceptors (Lipinski definition) is 2. The molecule has 2 radical (unpaired) electrons. The first kappa shape index (κ1) is 57.1. The fourth-order valence-corrected chi connectivity index (χ4v) is 19.9. The quantitative estimate of drug-likeness (QED) is 0.101. The Balaban J connectivity index is 0.000000152. The summed E-state index contributed by atoms with van der Waals surface area (Å²) in [4.78, 5) is 0. The average molecular weight is 1240 g/mol. The molecular formula is C82H72O2Si2Zr. The molecule has 2 aromatic heterocycles. The fourth-order valence-electron chi connectivity index (χ4n) is 15.4. The average Bonchev–Trinajstić information content (AvgIpc) is 1.65. The topological polar surface area (TPSA) is 26.3 Å². The molecule has 2 unspecified atom stereocenters. The van der Waals surface area contributed by atoms with E-state index in [9.17, 15) is 0 Å². The molecule has 0 saturated carbocycles. The zero-order valence-corrected chi connectivity index (χ0v) is 55.8. The molecule has 12 aromatic rings. The van der Waals surface area contributed by atoms with Gasteiger partial charge >= 0.3 is 26.2 Å². The predicted molar refractivity (Wildman–Crippen MR) is 368 cm³/mol. The molecular weight excluding hydrogens is 1160 g/mol. The minimum absolute atomic E-state index is 0. The van der Waals surface area contributed by atoms with E-state index >= 15 is 0 Å². The van der Waals surface area contributed by atoms with Gasteiger partial charge in [-0.25, -0.2) is 0 Å². The van der Waals surface area contributed by atoms with Crippen molar-refractivity contribution in [2.75, 3.05) is 0 Å². The van der Waals surface area contributed by atoms with Gasteiger partial charge in [-0.1, -0.05) is 229 Å². The van der Waals surface area contributed by atoms with Crippen LogP contribution in [0.3, 0.4) is 0 Å². The number of rotatable bonds is 10. The first-order valence-corrected chi connectivity index (χ1v) is 35.0. The van der Waals surface area contributed by atoms with Crippen molar-refractivity contribution in [2.24, 2.45) is 0 Å². The maximum absolute atomic E-state index is 6.40. The summed E-state index contributed by atoms with van der Waals surface area (Å²) in [5.74, 6) is 4.02. The smallest absolute Gasteiger partial charge is 0.462 e. The van der Waals surface area contributed by atoms with E-state index < -0.39 is 17.6 Å². The maximum atomic E-state index is 6.40. The second-order valence-electron chi connectivity index (χ2n) is 25.0. The van der Waals surface area contributed by atoms with E-state index in [4.69, 9.17) is 8.83 Å². The van der Waals surface area contributed by atoms with Gasteiger partial charge in [0.15, 0.2) is 0 Å². The second kappa shape index (κ2) is 23.1. The van der Waals surface area contributed by atoms with Gasteiger partial charge in [-0.05, 0) is 168 Å². The molecule has 2 nitrogen and oxygen atoms in total. The molecule has 0 bridgehead atoms. The SMILES string of the molecule is Cc1ccc(C2=Cc3c(ccc(C)c3-c3ccccc3)C2c2c(C)[cH-]c3cc([Si]4CCC4)c(C)c(-c4ccccc4)c23)o1.Cc1ccc(C2=Cc3c(ccc(C)c3-c3ccccc3)C2c2c(C)[cH-]c3cc([Si]4CCC4)c(C)c(-c4ccccc4)c23)o1.[Zr+2]. The molecule has 16 rings (SSSR count). The summed E-state index contributed by atoms with van der Waals surface area (Å²) in [6.07, 6.45) is 7.62. The Hall–Kier alpha value is -7.66. The number of fused-ring (bicyclic) bond motifs is 4. The summed E-state index contributed by atoms with van der Waals surface area (Å²) in [6, 6.07) is 77.6. The van der Waals surface area contributed by atoms with E-state index in [1.165, 1.54) is 181 Å². The third-order valence-electron chi connectivity index (χ3n) is 19.7. The van der Waals surface area contributed by atoms with Gasteiger partial charge in [0.05, 0.1) is 17.6 Å². The minimum atomic E-state index is -0.463. The standard InChI is InChI=1S/2C41H36OSi.Zr/c2*1-25-16-18-32-33(37(25)29-12-7-5-8-13-29)24-34(35-19-17-27(3)42-35)41(32)38-26(2)22-31-23-36(43-20-11-21-43)28(4)39(40(31)38)30-14-9-6-10-15-30;/h2*5-10,12-19,22-24,41H,11,20-21H2,1-4H3;/q2*-1;+2. The third kappa shape index (κ3) is 9.75. The summed E-state index contributed by atoms with van der Waals surface area (Å²) in [6.45, 7) is 18.0. The molecule has 0 amide bonds. The van der Waals surface area contributed by atoms with Crippen LogP contribution < -0.4 is 10.4 Å². The molecule has 4 aliphatic rings. The van der Waals surface area contributed by atoms with Crippen molar-refractivity contribution in [3.05, 3.63) is 284 Å². The molecule has 2 fully saturated rings. The Morgan fingerprint density at radius 2 is 0.736 bits per heavy atom. The van der Waals surface area contributed by atoms with E-state index in [0.717, 1.165) is 23.0 Å². The fraction of sp³-hybridized carbons (Fsp3) is 0.195. The zero-order chi connectivity index (χ0) is 58.5. The van der Waals surface area contributed by atoms with Crippen LogP contribution in [-0.4, -0.2) is 17.6 Å². The molecule has 4 heterocycles. The van der Waals surface area contributed by atoms with E-state index in [0.29, 0.717) is 0 Å². The monoisotopic (exact) mass is 1230 g/mol. The second-order valence-corrected chi connectivity index (χ2v) is 30.5. The van der Waals surface area contributed by atoms with Gasteiger partial charge in [0, 0.05) is 0 Å². The van der Waals surface area contributed by atoms with Crippen LogP contribution in [0.4, 0.5) is 0 Å². The normalized spacial score (nSPS) is 16.2. The van der Waals surface area contributed by atoms with Gasteiger partial charge in [-0.15, -0.1) is 68.1 Å². The van der Waals surface area contributed by atoms with Crippen LogP contribution in [0.2, 0.25) is 24.2 Å². The van der Waals surface area contributed by atoms with Gasteiger partial charge in [0.2, 0.25) is 0 Å². The molecule has 0 N–H and O–H groups in total. The number of allylic oxidation sites excluding steroid dienone is 2. The van der Waals surface area contributed by atoms with Gasteiger partial charge in [0.1, 0.15) is 23.0 Å². The Kier molecular flexibility index (Phi) is 15.2. The maximum Gasteiger partial charge on any atom is 2.00 e. The largest absolute Gasteiger partial charge is 2.00 e. The summed E-state index contributed by atoms with van der Waals surface area (Å²) >= 11 is 0. The Bertz CT molecular complexity index is 4370.